The molecule has 35 heavy (non-hydrogen) atoms. The van der Waals surface area contributed by atoms with Gasteiger partial charge in [-0.25, -0.2) is 9.78 Å². The lowest BCUT2D eigenvalue weighted by Crippen LogP contribution is -2.60. The average Bonchev–Trinajstić information content (AvgIpc) is 2.80. The molecule has 5 rings (SSSR count). The number of thiocarbonyl (C=S) groups is 1. The number of fused-ring (bicyclic) bond motifs is 1. The van der Waals surface area contributed by atoms with E-state index in [1.807, 2.05) is 57.2 Å². The van der Waals surface area contributed by atoms with E-state index in [-0.39, 0.29) is 0 Å². The van der Waals surface area contributed by atoms with E-state index < -0.39 is 17.2 Å². The van der Waals surface area contributed by atoms with E-state index in [0.29, 0.717) is 17.5 Å². The van der Waals surface area contributed by atoms with E-state index in [0.717, 1.165) is 52.9 Å². The fraction of sp³-hybridized carbons (Fsp3) is 0.321. The van der Waals surface area contributed by atoms with Gasteiger partial charge in [-0.05, 0) is 57.2 Å². The number of anilines is 1. The molecule has 0 atom stereocenters. The topological polar surface area (TPSA) is 74.7 Å². The summed E-state index contributed by atoms with van der Waals surface area (Å²) in [5.41, 5.74) is 4.54. The molecule has 3 aromatic rings. The number of hydrogen-bond donors (Lipinski definition) is 2. The minimum atomic E-state index is -0.883. The summed E-state index contributed by atoms with van der Waals surface area (Å²) in [6.45, 7) is 6.17. The first-order chi connectivity index (χ1) is 16.7. The van der Waals surface area contributed by atoms with Crippen LogP contribution in [-0.2, 0) is 5.54 Å². The molecule has 1 amide bonds. The summed E-state index contributed by atoms with van der Waals surface area (Å²) in [5, 5.41) is 13.3. The van der Waals surface area contributed by atoms with Crippen LogP contribution in [0, 0.1) is 0 Å². The Morgan fingerprint density at radius 3 is 2.34 bits per heavy atom. The quantitative estimate of drug-likeness (QED) is 0.399. The second-order valence-electron chi connectivity index (χ2n) is 10.2. The molecule has 0 bridgehead atoms. The minimum absolute atomic E-state index is 0.304. The van der Waals surface area contributed by atoms with Gasteiger partial charge < -0.3 is 15.2 Å². The molecular weight excluding hydrogens is 458 g/mol. The third kappa shape index (κ3) is 4.14. The lowest BCUT2D eigenvalue weighted by Gasteiger charge is -2.54. The van der Waals surface area contributed by atoms with Crippen LogP contribution < -0.4 is 10.1 Å². The van der Waals surface area contributed by atoms with Crippen molar-refractivity contribution in [1.29, 1.82) is 0 Å². The minimum Gasteiger partial charge on any atom is -0.469 e. The molecule has 0 radical (unpaired) electrons. The van der Waals surface area contributed by atoms with Crippen LogP contribution in [0.4, 0.5) is 10.5 Å². The Kier molecular flexibility index (Phi) is 5.75. The number of rotatable bonds is 4. The third-order valence-electron chi connectivity index (χ3n) is 6.85. The van der Waals surface area contributed by atoms with Crippen molar-refractivity contribution >= 4 is 29.0 Å². The lowest BCUT2D eigenvalue weighted by atomic mass is 9.69. The number of amides is 1. The van der Waals surface area contributed by atoms with Gasteiger partial charge in [0.25, 0.3) is 0 Å². The number of carbonyl (C=O) groups is 1. The van der Waals surface area contributed by atoms with Crippen LogP contribution in [0.3, 0.4) is 0 Å². The molecule has 180 valence electrons. The fourth-order valence-corrected chi connectivity index (χ4v) is 5.45. The van der Waals surface area contributed by atoms with Gasteiger partial charge in [-0.15, -0.1) is 0 Å². The maximum absolute atomic E-state index is 12.3. The molecule has 2 N–H and O–H groups in total. The normalized spacial score (nSPS) is 16.4. The van der Waals surface area contributed by atoms with Gasteiger partial charge in [-0.3, -0.25) is 4.90 Å². The highest BCUT2D eigenvalue weighted by Gasteiger charge is 2.50. The van der Waals surface area contributed by atoms with Crippen LogP contribution in [0.1, 0.15) is 45.6 Å². The first-order valence-electron chi connectivity index (χ1n) is 11.9. The molecule has 2 aromatic carbocycles. The molecule has 6 nitrogen and oxygen atoms in total. The monoisotopic (exact) mass is 487 g/mol. The Morgan fingerprint density at radius 2 is 1.77 bits per heavy atom. The van der Waals surface area contributed by atoms with E-state index in [1.165, 1.54) is 0 Å². The van der Waals surface area contributed by atoms with Crippen molar-refractivity contribution in [3.63, 3.8) is 0 Å². The lowest BCUT2D eigenvalue weighted by molar-refractivity contribution is -0.0328. The van der Waals surface area contributed by atoms with Gasteiger partial charge in [0.1, 0.15) is 17.3 Å². The van der Waals surface area contributed by atoms with Gasteiger partial charge in [-0.2, -0.15) is 0 Å². The van der Waals surface area contributed by atoms with Gasteiger partial charge in [0.2, 0.25) is 5.88 Å². The largest absolute Gasteiger partial charge is 0.469 e. The van der Waals surface area contributed by atoms with Crippen LogP contribution >= 0.6 is 12.2 Å². The number of pyridine rings is 1. The maximum atomic E-state index is 12.3. The van der Waals surface area contributed by atoms with Crippen LogP contribution in [0.2, 0.25) is 0 Å². The average molecular weight is 488 g/mol. The van der Waals surface area contributed by atoms with Crippen LogP contribution in [-0.4, -0.2) is 38.2 Å². The Bertz CT molecular complexity index is 1280. The standard InChI is InChI=1S/C28H29N3O3S/c1-27(2,3)31(26(32)33)28(14-7-15-28)20-12-10-19(11-13-20)24-21(18-8-5-4-6-9-18)16-22-25(30-24)34-17-23(35)29-22/h4-6,8-13,16H,7,14-15,17H2,1-3H3,(H,29,35)(H,32,33). The van der Waals surface area contributed by atoms with Crippen molar-refractivity contribution in [1.82, 2.24) is 9.88 Å². The predicted molar refractivity (Wildman–Crippen MR) is 142 cm³/mol. The van der Waals surface area contributed by atoms with Gasteiger partial charge in [0.05, 0.1) is 11.2 Å². The number of nitrogens with one attached hydrogen (secondary N) is 1. The molecule has 0 spiro atoms. The molecule has 0 saturated heterocycles. The number of aromatic nitrogens is 1. The summed E-state index contributed by atoms with van der Waals surface area (Å²) in [6.07, 6.45) is 1.77. The predicted octanol–water partition coefficient (Wildman–Crippen LogP) is 6.71. The Hall–Kier alpha value is -3.45. The fourth-order valence-electron chi connectivity index (χ4n) is 5.28. The van der Waals surface area contributed by atoms with E-state index in [2.05, 4.69) is 29.6 Å². The molecule has 1 aliphatic carbocycles. The Morgan fingerprint density at radius 1 is 1.09 bits per heavy atom. The van der Waals surface area contributed by atoms with Gasteiger partial charge in [0, 0.05) is 16.7 Å². The van der Waals surface area contributed by atoms with Crippen molar-refractivity contribution in [3.8, 4) is 28.3 Å². The van der Waals surface area contributed by atoms with Crippen molar-refractivity contribution < 1.29 is 14.6 Å². The van der Waals surface area contributed by atoms with Gasteiger partial charge in [0.15, 0.2) is 0 Å². The molecule has 2 heterocycles. The van der Waals surface area contributed by atoms with E-state index in [4.69, 9.17) is 21.9 Å². The number of carboxylic acid groups (broad SMARTS) is 1. The summed E-state index contributed by atoms with van der Waals surface area (Å²) in [7, 11) is 0. The number of ether oxygens (including phenoxy) is 1. The second-order valence-corrected chi connectivity index (χ2v) is 10.7. The van der Waals surface area contributed by atoms with E-state index >= 15 is 0 Å². The number of nitrogens with zero attached hydrogens (tertiary/aromatic N) is 2. The first kappa shape index (κ1) is 23.3. The van der Waals surface area contributed by atoms with Crippen LogP contribution in [0.5, 0.6) is 5.88 Å². The van der Waals surface area contributed by atoms with Crippen molar-refractivity contribution in [2.75, 3.05) is 11.9 Å². The van der Waals surface area contributed by atoms with Crippen LogP contribution in [0.15, 0.2) is 60.7 Å². The Labute approximate surface area is 211 Å². The first-order valence-corrected chi connectivity index (χ1v) is 12.3. The zero-order valence-electron chi connectivity index (χ0n) is 20.2. The summed E-state index contributed by atoms with van der Waals surface area (Å²) in [6, 6.07) is 20.3. The summed E-state index contributed by atoms with van der Waals surface area (Å²) >= 11 is 5.29. The summed E-state index contributed by atoms with van der Waals surface area (Å²) in [5.74, 6) is 0.526. The number of benzene rings is 2. The zero-order chi connectivity index (χ0) is 24.8. The summed E-state index contributed by atoms with van der Waals surface area (Å²) in [4.78, 5) is 19.4. The van der Waals surface area contributed by atoms with E-state index in [1.54, 1.807) is 4.90 Å². The van der Waals surface area contributed by atoms with E-state index in [9.17, 15) is 9.90 Å². The molecular formula is C28H29N3O3S. The molecule has 7 heteroatoms. The maximum Gasteiger partial charge on any atom is 0.408 e. The second kappa shape index (κ2) is 8.64. The molecule has 1 saturated carbocycles. The van der Waals surface area contributed by atoms with Crippen LogP contribution in [0.25, 0.3) is 22.4 Å². The molecule has 1 aromatic heterocycles. The Balaban J connectivity index is 1.59. The zero-order valence-corrected chi connectivity index (χ0v) is 21.0. The molecule has 1 aliphatic heterocycles. The van der Waals surface area contributed by atoms with Crippen molar-refractivity contribution in [2.24, 2.45) is 0 Å². The van der Waals surface area contributed by atoms with Crippen molar-refractivity contribution in [2.45, 2.75) is 51.1 Å². The van der Waals surface area contributed by atoms with Crippen molar-refractivity contribution in [3.05, 3.63) is 66.2 Å². The highest BCUT2D eigenvalue weighted by atomic mass is 32.1. The third-order valence-corrected chi connectivity index (χ3v) is 7.07. The highest BCUT2D eigenvalue weighted by Crippen LogP contribution is 2.50. The summed E-state index contributed by atoms with van der Waals surface area (Å²) < 4.78 is 5.80. The van der Waals surface area contributed by atoms with Gasteiger partial charge in [-0.1, -0.05) is 66.8 Å². The SMILES string of the molecule is CC(C)(C)N(C(=O)O)C1(c2ccc(-c3nc4c(cc3-c3ccccc3)NC(=S)CO4)cc2)CCC1. The highest BCUT2D eigenvalue weighted by molar-refractivity contribution is 7.80. The molecule has 2 aliphatic rings. The number of hydrogen-bond acceptors (Lipinski definition) is 4. The smallest absolute Gasteiger partial charge is 0.408 e. The molecule has 0 unspecified atom stereocenters. The molecule has 1 fully saturated rings. The van der Waals surface area contributed by atoms with Gasteiger partial charge >= 0.3 is 6.09 Å².